The van der Waals surface area contributed by atoms with Crippen LogP contribution in [0.2, 0.25) is 0 Å². The molecule has 0 radical (unpaired) electrons. The molecule has 0 saturated carbocycles. The van der Waals surface area contributed by atoms with Gasteiger partial charge in [0.1, 0.15) is 12.1 Å². The summed E-state index contributed by atoms with van der Waals surface area (Å²) in [7, 11) is 0. The van der Waals surface area contributed by atoms with Crippen LogP contribution in [0.15, 0.2) is 42.5 Å². The van der Waals surface area contributed by atoms with E-state index in [9.17, 15) is 0 Å². The van der Waals surface area contributed by atoms with E-state index in [0.29, 0.717) is 16.8 Å². The predicted molar refractivity (Wildman–Crippen MR) is 70.0 cm³/mol. The molecule has 86 valence electrons. The summed E-state index contributed by atoms with van der Waals surface area (Å²) < 4.78 is 0. The fourth-order valence-corrected chi connectivity index (χ4v) is 1.60. The molecular formula is C14H10N4. The Morgan fingerprint density at radius 1 is 0.889 bits per heavy atom. The van der Waals surface area contributed by atoms with Gasteiger partial charge in [0.2, 0.25) is 0 Å². The Labute approximate surface area is 105 Å². The standard InChI is InChI=1S/C14H10N4/c15-8-10-4-5-14(6-11(10)9-16)18-13-3-1-2-12(17)7-13/h1-7,18H,17H2. The van der Waals surface area contributed by atoms with Gasteiger partial charge in [0, 0.05) is 17.1 Å². The maximum absolute atomic E-state index is 8.94. The number of hydrogen-bond donors (Lipinski definition) is 2. The molecule has 0 unspecified atom stereocenters. The summed E-state index contributed by atoms with van der Waals surface area (Å²) in [6.45, 7) is 0. The minimum atomic E-state index is 0.353. The third-order valence-corrected chi connectivity index (χ3v) is 2.44. The van der Waals surface area contributed by atoms with Gasteiger partial charge >= 0.3 is 0 Å². The van der Waals surface area contributed by atoms with E-state index in [1.807, 2.05) is 24.3 Å². The van der Waals surface area contributed by atoms with Gasteiger partial charge in [-0.3, -0.25) is 0 Å². The molecule has 0 aliphatic carbocycles. The van der Waals surface area contributed by atoms with Crippen molar-refractivity contribution in [3.8, 4) is 12.1 Å². The fraction of sp³-hybridized carbons (Fsp3) is 0. The number of nitrogens with two attached hydrogens (primary N) is 1. The van der Waals surface area contributed by atoms with Crippen molar-refractivity contribution in [1.29, 1.82) is 10.5 Å². The van der Waals surface area contributed by atoms with Crippen LogP contribution >= 0.6 is 0 Å². The monoisotopic (exact) mass is 234 g/mol. The molecule has 2 aromatic rings. The summed E-state index contributed by atoms with van der Waals surface area (Å²) in [5.74, 6) is 0. The van der Waals surface area contributed by atoms with E-state index >= 15 is 0 Å². The molecule has 18 heavy (non-hydrogen) atoms. The van der Waals surface area contributed by atoms with Crippen molar-refractivity contribution < 1.29 is 0 Å². The van der Waals surface area contributed by atoms with Crippen molar-refractivity contribution in [2.75, 3.05) is 11.1 Å². The first-order valence-corrected chi connectivity index (χ1v) is 5.30. The maximum atomic E-state index is 8.94. The molecule has 0 amide bonds. The smallest absolute Gasteiger partial charge is 0.101 e. The molecule has 3 N–H and O–H groups in total. The van der Waals surface area contributed by atoms with Crippen molar-refractivity contribution in [2.24, 2.45) is 0 Å². The Morgan fingerprint density at radius 2 is 1.61 bits per heavy atom. The van der Waals surface area contributed by atoms with Crippen molar-refractivity contribution >= 4 is 17.1 Å². The number of benzene rings is 2. The highest BCUT2D eigenvalue weighted by molar-refractivity contribution is 5.66. The molecule has 0 spiro atoms. The Kier molecular flexibility index (Phi) is 3.13. The number of rotatable bonds is 2. The first-order chi connectivity index (χ1) is 8.72. The Morgan fingerprint density at radius 3 is 2.28 bits per heavy atom. The number of anilines is 3. The number of nitrogens with one attached hydrogen (secondary N) is 1. The van der Waals surface area contributed by atoms with Gasteiger partial charge in [0.05, 0.1) is 11.1 Å². The van der Waals surface area contributed by atoms with Crippen LogP contribution in [-0.2, 0) is 0 Å². The van der Waals surface area contributed by atoms with Crippen LogP contribution in [0.3, 0.4) is 0 Å². The van der Waals surface area contributed by atoms with E-state index in [-0.39, 0.29) is 0 Å². The van der Waals surface area contributed by atoms with E-state index < -0.39 is 0 Å². The summed E-state index contributed by atoms with van der Waals surface area (Å²) in [4.78, 5) is 0. The summed E-state index contributed by atoms with van der Waals surface area (Å²) >= 11 is 0. The van der Waals surface area contributed by atoms with Gasteiger partial charge in [0.25, 0.3) is 0 Å². The lowest BCUT2D eigenvalue weighted by Crippen LogP contribution is -1.93. The predicted octanol–water partition coefficient (Wildman–Crippen LogP) is 2.76. The summed E-state index contributed by atoms with van der Waals surface area (Å²) in [6, 6.07) is 16.3. The average molecular weight is 234 g/mol. The maximum Gasteiger partial charge on any atom is 0.101 e. The zero-order chi connectivity index (χ0) is 13.0. The second-order valence-corrected chi connectivity index (χ2v) is 3.73. The van der Waals surface area contributed by atoms with E-state index in [4.69, 9.17) is 16.3 Å². The normalized spacial score (nSPS) is 9.22. The number of nitrogen functional groups attached to an aromatic ring is 1. The molecule has 0 heterocycles. The van der Waals surface area contributed by atoms with Gasteiger partial charge in [-0.15, -0.1) is 0 Å². The zero-order valence-corrected chi connectivity index (χ0v) is 9.51. The third kappa shape index (κ3) is 2.40. The lowest BCUT2D eigenvalue weighted by Gasteiger charge is -2.07. The second kappa shape index (κ2) is 4.90. The van der Waals surface area contributed by atoms with Gasteiger partial charge in [-0.25, -0.2) is 0 Å². The van der Waals surface area contributed by atoms with E-state index in [1.165, 1.54) is 0 Å². The van der Waals surface area contributed by atoms with Gasteiger partial charge in [-0.05, 0) is 36.4 Å². The summed E-state index contributed by atoms with van der Waals surface area (Å²) in [5.41, 5.74) is 8.65. The minimum Gasteiger partial charge on any atom is -0.399 e. The molecule has 0 aromatic heterocycles. The van der Waals surface area contributed by atoms with Crippen LogP contribution in [0.25, 0.3) is 0 Å². The largest absolute Gasteiger partial charge is 0.399 e. The van der Waals surface area contributed by atoms with Crippen LogP contribution < -0.4 is 11.1 Å². The highest BCUT2D eigenvalue weighted by atomic mass is 14.9. The van der Waals surface area contributed by atoms with Gasteiger partial charge in [-0.2, -0.15) is 10.5 Å². The quantitative estimate of drug-likeness (QED) is 0.782. The molecule has 0 fully saturated rings. The lowest BCUT2D eigenvalue weighted by atomic mass is 10.1. The molecule has 2 aromatic carbocycles. The summed E-state index contributed by atoms with van der Waals surface area (Å²) in [6.07, 6.45) is 0. The van der Waals surface area contributed by atoms with Crippen molar-refractivity contribution in [1.82, 2.24) is 0 Å². The van der Waals surface area contributed by atoms with Crippen LogP contribution in [0.1, 0.15) is 11.1 Å². The van der Waals surface area contributed by atoms with Crippen molar-refractivity contribution in [3.63, 3.8) is 0 Å². The van der Waals surface area contributed by atoms with Crippen LogP contribution in [0.5, 0.6) is 0 Å². The topological polar surface area (TPSA) is 85.6 Å². The molecule has 4 heteroatoms. The van der Waals surface area contributed by atoms with Crippen molar-refractivity contribution in [2.45, 2.75) is 0 Å². The molecule has 0 saturated heterocycles. The van der Waals surface area contributed by atoms with Crippen LogP contribution in [0, 0.1) is 22.7 Å². The third-order valence-electron chi connectivity index (χ3n) is 2.44. The Hall–Kier alpha value is -2.98. The Bertz CT molecular complexity index is 662. The van der Waals surface area contributed by atoms with E-state index in [1.54, 1.807) is 30.3 Å². The number of nitrogens with zero attached hydrogens (tertiary/aromatic N) is 2. The van der Waals surface area contributed by atoms with Crippen LogP contribution in [0.4, 0.5) is 17.1 Å². The first-order valence-electron chi connectivity index (χ1n) is 5.30. The lowest BCUT2D eigenvalue weighted by molar-refractivity contribution is 1.42. The molecule has 0 aliphatic rings. The van der Waals surface area contributed by atoms with Gasteiger partial charge < -0.3 is 11.1 Å². The molecule has 0 bridgehead atoms. The number of hydrogen-bond acceptors (Lipinski definition) is 4. The highest BCUT2D eigenvalue weighted by Gasteiger charge is 2.03. The molecule has 0 aliphatic heterocycles. The van der Waals surface area contributed by atoms with Crippen molar-refractivity contribution in [3.05, 3.63) is 53.6 Å². The number of nitriles is 2. The molecule has 4 nitrogen and oxygen atoms in total. The minimum absolute atomic E-state index is 0.353. The highest BCUT2D eigenvalue weighted by Crippen LogP contribution is 2.21. The Balaban J connectivity index is 2.31. The summed E-state index contributed by atoms with van der Waals surface area (Å²) in [5, 5.41) is 20.9. The molecule has 2 rings (SSSR count). The SMILES string of the molecule is N#Cc1ccc(Nc2cccc(N)c2)cc1C#N. The van der Waals surface area contributed by atoms with Crippen LogP contribution in [-0.4, -0.2) is 0 Å². The second-order valence-electron chi connectivity index (χ2n) is 3.73. The zero-order valence-electron chi connectivity index (χ0n) is 9.51. The van der Waals surface area contributed by atoms with Gasteiger partial charge in [0.15, 0.2) is 0 Å². The molecular weight excluding hydrogens is 224 g/mol. The fourth-order valence-electron chi connectivity index (χ4n) is 1.60. The van der Waals surface area contributed by atoms with Gasteiger partial charge in [-0.1, -0.05) is 6.07 Å². The van der Waals surface area contributed by atoms with E-state index in [0.717, 1.165) is 11.4 Å². The average Bonchev–Trinajstić information content (AvgIpc) is 2.38. The van der Waals surface area contributed by atoms with E-state index in [2.05, 4.69) is 5.32 Å². The first kappa shape index (κ1) is 11.5. The molecule has 0 atom stereocenters.